The highest BCUT2D eigenvalue weighted by Gasteiger charge is 2.47. The molecule has 4 aliphatic rings. The monoisotopic (exact) mass is 385 g/mol. The normalized spacial score (nSPS) is 25.1. The lowest BCUT2D eigenvalue weighted by molar-refractivity contribution is 0.160. The molecule has 5 heteroatoms. The molecule has 1 spiro atoms. The number of likely N-dealkylation sites (tertiary alicyclic amines) is 1. The zero-order valence-corrected chi connectivity index (χ0v) is 16.8. The quantitative estimate of drug-likeness (QED) is 0.835. The minimum atomic E-state index is -0.187. The number of halogens is 1. The number of benzene rings is 1. The van der Waals surface area contributed by atoms with Gasteiger partial charge in [-0.25, -0.2) is 9.18 Å². The molecule has 2 heterocycles. The van der Waals surface area contributed by atoms with Crippen LogP contribution in [0.5, 0.6) is 0 Å². The second-order valence-corrected chi connectivity index (χ2v) is 9.56. The number of urea groups is 1. The Hall–Kier alpha value is -1.62. The molecule has 0 bridgehead atoms. The highest BCUT2D eigenvalue weighted by atomic mass is 19.1. The van der Waals surface area contributed by atoms with E-state index in [9.17, 15) is 9.18 Å². The first-order valence-corrected chi connectivity index (χ1v) is 11.2. The SMILES string of the molecule is O=C(NC1CCCCC1)N1CC2(CCN(CC3CC3)CC2)c2cc(F)ccc21. The lowest BCUT2D eigenvalue weighted by Gasteiger charge is -2.40. The number of nitrogens with zero attached hydrogens (tertiary/aromatic N) is 2. The van der Waals surface area contributed by atoms with Crippen molar-refractivity contribution < 1.29 is 9.18 Å². The molecule has 152 valence electrons. The van der Waals surface area contributed by atoms with E-state index in [1.165, 1.54) is 44.7 Å². The highest BCUT2D eigenvalue weighted by Crippen LogP contribution is 2.47. The van der Waals surface area contributed by atoms with Gasteiger partial charge in [0.05, 0.1) is 0 Å². The van der Waals surface area contributed by atoms with Crippen LogP contribution in [0.15, 0.2) is 18.2 Å². The first-order valence-electron chi connectivity index (χ1n) is 11.2. The zero-order chi connectivity index (χ0) is 19.1. The number of hydrogen-bond acceptors (Lipinski definition) is 2. The molecule has 1 aromatic carbocycles. The van der Waals surface area contributed by atoms with E-state index < -0.39 is 0 Å². The molecular formula is C23H32FN3O. The van der Waals surface area contributed by atoms with Gasteiger partial charge in [-0.05, 0) is 81.3 Å². The Bertz CT molecular complexity index is 733. The van der Waals surface area contributed by atoms with Crippen LogP contribution < -0.4 is 10.2 Å². The van der Waals surface area contributed by atoms with Gasteiger partial charge in [0.25, 0.3) is 0 Å². The molecule has 2 aliphatic carbocycles. The van der Waals surface area contributed by atoms with Gasteiger partial charge in [0, 0.05) is 30.2 Å². The molecular weight excluding hydrogens is 353 g/mol. The van der Waals surface area contributed by atoms with Gasteiger partial charge in [0.15, 0.2) is 0 Å². The number of hydrogen-bond donors (Lipinski definition) is 1. The number of nitrogens with one attached hydrogen (secondary N) is 1. The van der Waals surface area contributed by atoms with Crippen LogP contribution in [0.2, 0.25) is 0 Å². The van der Waals surface area contributed by atoms with Crippen LogP contribution in [0.25, 0.3) is 0 Å². The Morgan fingerprint density at radius 3 is 2.57 bits per heavy atom. The van der Waals surface area contributed by atoms with Crippen molar-refractivity contribution in [2.45, 2.75) is 69.2 Å². The molecule has 0 radical (unpaired) electrons. The number of amides is 2. The molecule has 2 saturated carbocycles. The van der Waals surface area contributed by atoms with E-state index in [2.05, 4.69) is 10.2 Å². The van der Waals surface area contributed by atoms with Gasteiger partial charge >= 0.3 is 6.03 Å². The van der Waals surface area contributed by atoms with Gasteiger partial charge in [0.1, 0.15) is 5.82 Å². The van der Waals surface area contributed by atoms with E-state index in [1.54, 1.807) is 6.07 Å². The fraction of sp³-hybridized carbons (Fsp3) is 0.696. The van der Waals surface area contributed by atoms with Gasteiger partial charge < -0.3 is 10.2 Å². The molecule has 1 aromatic rings. The number of rotatable bonds is 3. The van der Waals surface area contributed by atoms with E-state index in [-0.39, 0.29) is 17.3 Å². The van der Waals surface area contributed by atoms with Crippen LogP contribution in [0.1, 0.15) is 63.4 Å². The Morgan fingerprint density at radius 2 is 1.86 bits per heavy atom. The molecule has 28 heavy (non-hydrogen) atoms. The van der Waals surface area contributed by atoms with Crippen molar-refractivity contribution in [2.75, 3.05) is 31.1 Å². The third-order valence-electron chi connectivity index (χ3n) is 7.49. The van der Waals surface area contributed by atoms with Crippen molar-refractivity contribution in [1.29, 1.82) is 0 Å². The molecule has 4 nitrogen and oxygen atoms in total. The van der Waals surface area contributed by atoms with Crippen LogP contribution in [0.4, 0.5) is 14.9 Å². The van der Waals surface area contributed by atoms with Gasteiger partial charge in [0.2, 0.25) is 0 Å². The fourth-order valence-electron chi connectivity index (χ4n) is 5.58. The summed E-state index contributed by atoms with van der Waals surface area (Å²) in [4.78, 5) is 17.6. The summed E-state index contributed by atoms with van der Waals surface area (Å²) in [6.45, 7) is 4.04. The van der Waals surface area contributed by atoms with Crippen LogP contribution in [0, 0.1) is 11.7 Å². The van der Waals surface area contributed by atoms with Crippen LogP contribution >= 0.6 is 0 Å². The summed E-state index contributed by atoms with van der Waals surface area (Å²) in [6.07, 6.45) is 10.6. The lowest BCUT2D eigenvalue weighted by atomic mass is 9.74. The molecule has 1 N–H and O–H groups in total. The largest absolute Gasteiger partial charge is 0.335 e. The van der Waals surface area contributed by atoms with Crippen molar-refractivity contribution >= 4 is 11.7 Å². The van der Waals surface area contributed by atoms with Crippen molar-refractivity contribution in [3.05, 3.63) is 29.6 Å². The van der Waals surface area contributed by atoms with Crippen LogP contribution in [-0.2, 0) is 5.41 Å². The first-order chi connectivity index (χ1) is 13.6. The van der Waals surface area contributed by atoms with Gasteiger partial charge in [-0.15, -0.1) is 0 Å². The van der Waals surface area contributed by atoms with Gasteiger partial charge in [-0.2, -0.15) is 0 Å². The topological polar surface area (TPSA) is 35.6 Å². The number of carbonyl (C=O) groups is 1. The molecule has 0 atom stereocenters. The van der Waals surface area contributed by atoms with Gasteiger partial charge in [-0.1, -0.05) is 19.3 Å². The van der Waals surface area contributed by atoms with Crippen LogP contribution in [0.3, 0.4) is 0 Å². The Balaban J connectivity index is 1.34. The molecule has 5 rings (SSSR count). The number of carbonyl (C=O) groups excluding carboxylic acids is 1. The van der Waals surface area contributed by atoms with E-state index in [4.69, 9.17) is 0 Å². The summed E-state index contributed by atoms with van der Waals surface area (Å²) < 4.78 is 14.1. The molecule has 0 unspecified atom stereocenters. The highest BCUT2D eigenvalue weighted by molar-refractivity contribution is 5.95. The molecule has 2 amide bonds. The minimum Gasteiger partial charge on any atom is -0.335 e. The Morgan fingerprint density at radius 1 is 1.11 bits per heavy atom. The lowest BCUT2D eigenvalue weighted by Crippen LogP contribution is -2.49. The van der Waals surface area contributed by atoms with Gasteiger partial charge in [-0.3, -0.25) is 4.90 Å². The van der Waals surface area contributed by atoms with E-state index >= 15 is 0 Å². The predicted molar refractivity (Wildman–Crippen MR) is 109 cm³/mol. The second kappa shape index (κ2) is 7.33. The molecule has 1 saturated heterocycles. The van der Waals surface area contributed by atoms with Crippen LogP contribution in [-0.4, -0.2) is 43.2 Å². The molecule has 3 fully saturated rings. The maximum absolute atomic E-state index is 14.1. The maximum atomic E-state index is 14.1. The second-order valence-electron chi connectivity index (χ2n) is 9.56. The van der Waals surface area contributed by atoms with Crippen molar-refractivity contribution in [3.8, 4) is 0 Å². The summed E-state index contributed by atoms with van der Waals surface area (Å²) in [5, 5.41) is 3.26. The Kier molecular flexibility index (Phi) is 4.82. The number of fused-ring (bicyclic) bond motifs is 2. The third-order valence-corrected chi connectivity index (χ3v) is 7.49. The predicted octanol–water partition coefficient (Wildman–Crippen LogP) is 4.43. The fourth-order valence-corrected chi connectivity index (χ4v) is 5.58. The third kappa shape index (κ3) is 3.54. The average Bonchev–Trinajstić information content (AvgIpc) is 3.47. The average molecular weight is 386 g/mol. The maximum Gasteiger partial charge on any atom is 0.322 e. The zero-order valence-electron chi connectivity index (χ0n) is 16.8. The Labute approximate surface area is 167 Å². The van der Waals surface area contributed by atoms with Crippen molar-refractivity contribution in [1.82, 2.24) is 10.2 Å². The van der Waals surface area contributed by atoms with E-state index in [0.717, 1.165) is 55.9 Å². The first kappa shape index (κ1) is 18.4. The number of piperidine rings is 1. The number of anilines is 1. The van der Waals surface area contributed by atoms with E-state index in [0.29, 0.717) is 12.6 Å². The summed E-state index contributed by atoms with van der Waals surface area (Å²) in [5.41, 5.74) is 1.89. The summed E-state index contributed by atoms with van der Waals surface area (Å²) >= 11 is 0. The summed E-state index contributed by atoms with van der Waals surface area (Å²) in [6, 6.07) is 5.32. The van der Waals surface area contributed by atoms with E-state index in [1.807, 2.05) is 11.0 Å². The molecule has 0 aromatic heterocycles. The van der Waals surface area contributed by atoms with Crippen molar-refractivity contribution in [3.63, 3.8) is 0 Å². The molecule has 2 aliphatic heterocycles. The standard InChI is InChI=1S/C23H32FN3O/c24-18-8-9-21-20(14-18)23(10-12-26(13-11-23)15-17-6-7-17)16-27(21)22(28)25-19-4-2-1-3-5-19/h8-9,14,17,19H,1-7,10-13,15-16H2,(H,25,28). The smallest absolute Gasteiger partial charge is 0.322 e. The van der Waals surface area contributed by atoms with Crippen molar-refractivity contribution in [2.24, 2.45) is 5.92 Å². The summed E-state index contributed by atoms with van der Waals surface area (Å²) in [7, 11) is 0. The summed E-state index contributed by atoms with van der Waals surface area (Å²) in [5.74, 6) is 0.716. The minimum absolute atomic E-state index is 0.0112.